The molecule has 0 saturated heterocycles. The zero-order valence-corrected chi connectivity index (χ0v) is 17.4. The second kappa shape index (κ2) is 8.36. The van der Waals surface area contributed by atoms with Gasteiger partial charge in [0.2, 0.25) is 0 Å². The highest BCUT2D eigenvalue weighted by Gasteiger charge is 2.16. The molecule has 0 fully saturated rings. The number of aromatic nitrogens is 2. The molecule has 0 aliphatic rings. The van der Waals surface area contributed by atoms with Gasteiger partial charge in [-0.05, 0) is 43.7 Å². The molecule has 0 unspecified atom stereocenters. The van der Waals surface area contributed by atoms with Gasteiger partial charge in [-0.15, -0.1) is 0 Å². The number of aryl methyl sites for hydroxylation is 2. The summed E-state index contributed by atoms with van der Waals surface area (Å²) in [4.78, 5) is 2.44. The van der Waals surface area contributed by atoms with Crippen molar-refractivity contribution in [3.63, 3.8) is 0 Å². The van der Waals surface area contributed by atoms with Crippen molar-refractivity contribution in [3.05, 3.63) is 59.3 Å². The smallest absolute Gasteiger partial charge is 0.276 e. The van der Waals surface area contributed by atoms with Crippen LogP contribution in [0.3, 0.4) is 0 Å². The van der Waals surface area contributed by atoms with Gasteiger partial charge in [0.15, 0.2) is 11.5 Å². The largest absolute Gasteiger partial charge is 0.493 e. The summed E-state index contributed by atoms with van der Waals surface area (Å²) in [5.74, 6) is 1.17. The van der Waals surface area contributed by atoms with Crippen LogP contribution >= 0.6 is 0 Å². The van der Waals surface area contributed by atoms with E-state index in [9.17, 15) is 8.42 Å². The molecule has 0 bridgehead atoms. The number of benzene rings is 2. The predicted octanol–water partition coefficient (Wildman–Crippen LogP) is 3.02. The molecule has 152 valence electrons. The number of methoxy groups -OCH3 is 2. The topological polar surface area (TPSA) is 106 Å². The number of rotatable bonds is 7. The first-order valence-corrected chi connectivity index (χ1v) is 10.2. The van der Waals surface area contributed by atoms with Crippen LogP contribution in [0.15, 0.2) is 52.6 Å². The molecule has 0 radical (unpaired) electrons. The average molecular weight is 414 g/mol. The highest BCUT2D eigenvalue weighted by molar-refractivity contribution is 7.89. The minimum atomic E-state index is -3.77. The van der Waals surface area contributed by atoms with Crippen molar-refractivity contribution >= 4 is 16.2 Å². The number of nitrogens with zero attached hydrogens (tertiary/aromatic N) is 2. The quantitative estimate of drug-likeness (QED) is 0.457. The van der Waals surface area contributed by atoms with Crippen LogP contribution in [0.4, 0.5) is 0 Å². The minimum absolute atomic E-state index is 0.188. The number of ether oxygens (including phenoxy) is 2. The Labute approximate surface area is 169 Å². The maximum atomic E-state index is 12.5. The summed E-state index contributed by atoms with van der Waals surface area (Å²) < 4.78 is 35.6. The third-order valence-electron chi connectivity index (χ3n) is 4.34. The Morgan fingerprint density at radius 3 is 2.52 bits per heavy atom. The molecular formula is C20H22N4O4S. The van der Waals surface area contributed by atoms with E-state index < -0.39 is 10.0 Å². The number of nitrogens with one attached hydrogen (secondary N) is 2. The molecule has 0 spiro atoms. The molecular weight excluding hydrogens is 392 g/mol. The lowest BCUT2D eigenvalue weighted by atomic mass is 10.1. The van der Waals surface area contributed by atoms with Gasteiger partial charge in [-0.2, -0.15) is 18.6 Å². The standard InChI is InChI=1S/C20H22N4O4S/c1-13-5-8-19(14(2)9-13)29(25,26)24-22-12-16-11-21-23-20(16)15-6-7-17(27-3)18(10-15)28-4/h5-12,24H,1-4H3,(H,21,23)/b22-12+. The maximum Gasteiger partial charge on any atom is 0.276 e. The van der Waals surface area contributed by atoms with E-state index in [0.717, 1.165) is 11.1 Å². The van der Waals surface area contributed by atoms with Crippen molar-refractivity contribution in [2.75, 3.05) is 14.2 Å². The second-order valence-corrected chi connectivity index (χ2v) is 8.02. The summed E-state index contributed by atoms with van der Waals surface area (Å²) >= 11 is 0. The Bertz CT molecular complexity index is 1150. The van der Waals surface area contributed by atoms with Crippen LogP contribution in [0.25, 0.3) is 11.3 Å². The average Bonchev–Trinajstić information content (AvgIpc) is 3.15. The van der Waals surface area contributed by atoms with Crippen molar-refractivity contribution in [1.82, 2.24) is 15.0 Å². The summed E-state index contributed by atoms with van der Waals surface area (Å²) in [7, 11) is -0.656. The fraction of sp³-hybridized carbons (Fsp3) is 0.200. The molecule has 8 nitrogen and oxygen atoms in total. The van der Waals surface area contributed by atoms with Gasteiger partial charge in [0.05, 0.1) is 37.2 Å². The summed E-state index contributed by atoms with van der Waals surface area (Å²) in [5.41, 5.74) is 3.71. The van der Waals surface area contributed by atoms with E-state index in [1.807, 2.05) is 19.1 Å². The van der Waals surface area contributed by atoms with Gasteiger partial charge in [-0.25, -0.2) is 4.83 Å². The molecule has 0 aliphatic heterocycles. The van der Waals surface area contributed by atoms with Gasteiger partial charge in [-0.3, -0.25) is 5.10 Å². The number of sulfonamides is 1. The summed E-state index contributed by atoms with van der Waals surface area (Å²) in [6.07, 6.45) is 2.96. The van der Waals surface area contributed by atoms with Crippen molar-refractivity contribution in [3.8, 4) is 22.8 Å². The van der Waals surface area contributed by atoms with Gasteiger partial charge in [-0.1, -0.05) is 17.7 Å². The Balaban J connectivity index is 1.84. The van der Waals surface area contributed by atoms with Crippen LogP contribution in [-0.2, 0) is 10.0 Å². The van der Waals surface area contributed by atoms with Crippen molar-refractivity contribution in [2.45, 2.75) is 18.7 Å². The van der Waals surface area contributed by atoms with Crippen LogP contribution in [-0.4, -0.2) is 39.0 Å². The minimum Gasteiger partial charge on any atom is -0.493 e. The van der Waals surface area contributed by atoms with Crippen molar-refractivity contribution in [2.24, 2.45) is 5.10 Å². The summed E-state index contributed by atoms with van der Waals surface area (Å²) in [6, 6.07) is 10.5. The van der Waals surface area contributed by atoms with E-state index in [0.29, 0.717) is 28.3 Å². The molecule has 0 amide bonds. The lowest BCUT2D eigenvalue weighted by molar-refractivity contribution is 0.355. The summed E-state index contributed by atoms with van der Waals surface area (Å²) in [5, 5.41) is 10.8. The first kappa shape index (κ1) is 20.4. The van der Waals surface area contributed by atoms with Crippen molar-refractivity contribution in [1.29, 1.82) is 0 Å². The first-order valence-electron chi connectivity index (χ1n) is 8.73. The molecule has 29 heavy (non-hydrogen) atoms. The molecule has 3 rings (SSSR count). The molecule has 3 aromatic rings. The number of H-pyrrole nitrogens is 1. The van der Waals surface area contributed by atoms with Gasteiger partial charge in [0, 0.05) is 11.1 Å². The first-order chi connectivity index (χ1) is 13.9. The fourth-order valence-corrected chi connectivity index (χ4v) is 3.95. The number of hydrogen-bond acceptors (Lipinski definition) is 6. The third kappa shape index (κ3) is 4.40. The SMILES string of the molecule is COc1ccc(-c2[nH]ncc2/C=N/NS(=O)(=O)c2ccc(C)cc2C)cc1OC. The monoisotopic (exact) mass is 414 g/mol. The molecule has 9 heteroatoms. The Morgan fingerprint density at radius 1 is 1.07 bits per heavy atom. The van der Waals surface area contributed by atoms with Gasteiger partial charge < -0.3 is 9.47 Å². The van der Waals surface area contributed by atoms with E-state index >= 15 is 0 Å². The van der Waals surface area contributed by atoms with Crippen LogP contribution in [0.1, 0.15) is 16.7 Å². The maximum absolute atomic E-state index is 12.5. The van der Waals surface area contributed by atoms with Crippen LogP contribution < -0.4 is 14.3 Å². The van der Waals surface area contributed by atoms with E-state index in [-0.39, 0.29) is 4.90 Å². The Kier molecular flexibility index (Phi) is 5.88. The molecule has 1 heterocycles. The predicted molar refractivity (Wildman–Crippen MR) is 111 cm³/mol. The lowest BCUT2D eigenvalue weighted by Gasteiger charge is -2.09. The van der Waals surface area contributed by atoms with Gasteiger partial charge >= 0.3 is 0 Å². The molecule has 2 aromatic carbocycles. The summed E-state index contributed by atoms with van der Waals surface area (Å²) in [6.45, 7) is 3.65. The highest BCUT2D eigenvalue weighted by Crippen LogP contribution is 2.32. The Hall–Kier alpha value is -3.33. The molecule has 0 aliphatic carbocycles. The van der Waals surface area contributed by atoms with Crippen LogP contribution in [0.2, 0.25) is 0 Å². The molecule has 0 saturated carbocycles. The number of hydrogen-bond donors (Lipinski definition) is 2. The van der Waals surface area contributed by atoms with E-state index in [2.05, 4.69) is 20.1 Å². The molecule has 0 atom stereocenters. The van der Waals surface area contributed by atoms with Gasteiger partial charge in [0.25, 0.3) is 10.0 Å². The van der Waals surface area contributed by atoms with Gasteiger partial charge in [0.1, 0.15) is 0 Å². The fourth-order valence-electron chi connectivity index (χ4n) is 2.93. The second-order valence-electron chi connectivity index (χ2n) is 6.39. The van der Waals surface area contributed by atoms with E-state index in [1.165, 1.54) is 6.21 Å². The highest BCUT2D eigenvalue weighted by atomic mass is 32.2. The van der Waals surface area contributed by atoms with Crippen LogP contribution in [0.5, 0.6) is 11.5 Å². The zero-order valence-electron chi connectivity index (χ0n) is 16.6. The number of aromatic amines is 1. The molecule has 2 N–H and O–H groups in total. The lowest BCUT2D eigenvalue weighted by Crippen LogP contribution is -2.19. The normalized spacial score (nSPS) is 11.6. The van der Waals surface area contributed by atoms with Crippen molar-refractivity contribution < 1.29 is 17.9 Å². The zero-order chi connectivity index (χ0) is 21.0. The van der Waals surface area contributed by atoms with E-state index in [1.54, 1.807) is 51.6 Å². The van der Waals surface area contributed by atoms with E-state index in [4.69, 9.17) is 9.47 Å². The molecule has 1 aromatic heterocycles. The Morgan fingerprint density at radius 2 is 1.83 bits per heavy atom. The number of hydrazone groups is 1. The van der Waals surface area contributed by atoms with Crippen LogP contribution in [0, 0.1) is 13.8 Å². The third-order valence-corrected chi connectivity index (χ3v) is 5.72.